The standard InChI is InChI=1S/C21H17NO4/c1-3-25-20(23)18-15(14-10-8-13(2)9-11-14)12-22-16-6-4-5-7-17(16)26-21(24)19(18)22/h4-12H,3H2,1-2H3. The summed E-state index contributed by atoms with van der Waals surface area (Å²) in [6.07, 6.45) is 1.80. The second kappa shape index (κ2) is 6.19. The molecular weight excluding hydrogens is 330 g/mol. The van der Waals surface area contributed by atoms with Crippen LogP contribution in [-0.2, 0) is 4.74 Å². The highest BCUT2D eigenvalue weighted by molar-refractivity contribution is 6.05. The summed E-state index contributed by atoms with van der Waals surface area (Å²) in [6, 6.07) is 15.0. The zero-order chi connectivity index (χ0) is 18.3. The first kappa shape index (κ1) is 16.1. The number of ether oxygens (including phenoxy) is 1. The third kappa shape index (κ3) is 2.49. The van der Waals surface area contributed by atoms with Gasteiger partial charge in [0, 0.05) is 11.8 Å². The van der Waals surface area contributed by atoms with Crippen LogP contribution in [0.15, 0.2) is 63.9 Å². The number of para-hydroxylation sites is 2. The van der Waals surface area contributed by atoms with Crippen LogP contribution >= 0.6 is 0 Å². The van der Waals surface area contributed by atoms with E-state index in [0.29, 0.717) is 16.7 Å². The van der Waals surface area contributed by atoms with E-state index in [0.717, 1.165) is 11.1 Å². The van der Waals surface area contributed by atoms with E-state index in [-0.39, 0.29) is 17.7 Å². The lowest BCUT2D eigenvalue weighted by Crippen LogP contribution is -2.11. The van der Waals surface area contributed by atoms with Crippen molar-refractivity contribution < 1.29 is 13.9 Å². The van der Waals surface area contributed by atoms with Crippen LogP contribution in [0.3, 0.4) is 0 Å². The first-order chi connectivity index (χ1) is 12.6. The minimum Gasteiger partial charge on any atom is -0.462 e. The molecule has 4 aromatic rings. The highest BCUT2D eigenvalue weighted by Crippen LogP contribution is 2.30. The van der Waals surface area contributed by atoms with Gasteiger partial charge in [-0.1, -0.05) is 42.0 Å². The van der Waals surface area contributed by atoms with Crippen molar-refractivity contribution in [1.82, 2.24) is 4.40 Å². The molecule has 4 rings (SSSR count). The zero-order valence-electron chi connectivity index (χ0n) is 14.5. The van der Waals surface area contributed by atoms with Crippen molar-refractivity contribution in [3.05, 3.63) is 76.3 Å². The van der Waals surface area contributed by atoms with Crippen molar-refractivity contribution in [2.24, 2.45) is 0 Å². The van der Waals surface area contributed by atoms with Crippen molar-refractivity contribution >= 4 is 22.6 Å². The van der Waals surface area contributed by atoms with Crippen molar-refractivity contribution in [3.8, 4) is 11.1 Å². The van der Waals surface area contributed by atoms with Crippen LogP contribution in [0, 0.1) is 6.92 Å². The Morgan fingerprint density at radius 3 is 2.58 bits per heavy atom. The quantitative estimate of drug-likeness (QED) is 0.521. The van der Waals surface area contributed by atoms with Crippen molar-refractivity contribution in [2.75, 3.05) is 6.61 Å². The van der Waals surface area contributed by atoms with E-state index in [9.17, 15) is 9.59 Å². The summed E-state index contributed by atoms with van der Waals surface area (Å²) >= 11 is 0. The maximum Gasteiger partial charge on any atom is 0.361 e. The molecule has 0 aliphatic heterocycles. The second-order valence-electron chi connectivity index (χ2n) is 6.08. The fourth-order valence-corrected chi connectivity index (χ4v) is 3.15. The SMILES string of the molecule is CCOC(=O)c1c(-c2ccc(C)cc2)cn2c1c(=O)oc1ccccc12. The smallest absolute Gasteiger partial charge is 0.361 e. The van der Waals surface area contributed by atoms with E-state index >= 15 is 0 Å². The van der Waals surface area contributed by atoms with Gasteiger partial charge in [-0.15, -0.1) is 0 Å². The lowest BCUT2D eigenvalue weighted by molar-refractivity contribution is 0.0529. The van der Waals surface area contributed by atoms with Gasteiger partial charge in [-0.2, -0.15) is 0 Å². The number of aromatic nitrogens is 1. The molecule has 2 heterocycles. The third-order valence-corrected chi connectivity index (χ3v) is 4.37. The summed E-state index contributed by atoms with van der Waals surface area (Å²) in [6.45, 7) is 3.95. The summed E-state index contributed by atoms with van der Waals surface area (Å²) in [4.78, 5) is 25.3. The molecule has 0 saturated carbocycles. The first-order valence-corrected chi connectivity index (χ1v) is 8.41. The van der Waals surface area contributed by atoms with Gasteiger partial charge in [0.25, 0.3) is 0 Å². The van der Waals surface area contributed by atoms with Crippen LogP contribution < -0.4 is 5.63 Å². The van der Waals surface area contributed by atoms with Gasteiger partial charge < -0.3 is 13.6 Å². The molecule has 0 atom stereocenters. The topological polar surface area (TPSA) is 60.9 Å². The number of nitrogens with zero attached hydrogens (tertiary/aromatic N) is 1. The molecule has 0 saturated heterocycles. The summed E-state index contributed by atoms with van der Waals surface area (Å²) in [7, 11) is 0. The molecule has 0 fully saturated rings. The second-order valence-corrected chi connectivity index (χ2v) is 6.08. The van der Waals surface area contributed by atoms with Gasteiger partial charge in [-0.3, -0.25) is 0 Å². The number of carbonyl (C=O) groups excluding carboxylic acids is 1. The normalized spacial score (nSPS) is 11.2. The van der Waals surface area contributed by atoms with Crippen LogP contribution in [-0.4, -0.2) is 17.0 Å². The number of benzene rings is 2. The summed E-state index contributed by atoms with van der Waals surface area (Å²) in [5.74, 6) is -0.534. The van der Waals surface area contributed by atoms with E-state index < -0.39 is 11.6 Å². The van der Waals surface area contributed by atoms with Crippen molar-refractivity contribution in [1.29, 1.82) is 0 Å². The number of fused-ring (bicyclic) bond motifs is 3. The molecule has 130 valence electrons. The Hall–Kier alpha value is -3.34. The molecule has 5 nitrogen and oxygen atoms in total. The fraction of sp³-hybridized carbons (Fsp3) is 0.143. The van der Waals surface area contributed by atoms with Crippen LogP contribution in [0.4, 0.5) is 0 Å². The van der Waals surface area contributed by atoms with Gasteiger partial charge in [0.1, 0.15) is 11.1 Å². The molecule has 0 bridgehead atoms. The van der Waals surface area contributed by atoms with Gasteiger partial charge in [0.15, 0.2) is 5.58 Å². The zero-order valence-corrected chi connectivity index (χ0v) is 14.5. The molecular formula is C21H17NO4. The van der Waals surface area contributed by atoms with Crippen LogP contribution in [0.1, 0.15) is 22.8 Å². The first-order valence-electron chi connectivity index (χ1n) is 8.41. The number of hydrogen-bond donors (Lipinski definition) is 0. The van der Waals surface area contributed by atoms with Crippen molar-refractivity contribution in [2.45, 2.75) is 13.8 Å². The molecule has 0 N–H and O–H groups in total. The van der Waals surface area contributed by atoms with Crippen LogP contribution in [0.2, 0.25) is 0 Å². The van der Waals surface area contributed by atoms with E-state index in [1.807, 2.05) is 43.3 Å². The number of rotatable bonds is 3. The van der Waals surface area contributed by atoms with Gasteiger partial charge in [-0.25, -0.2) is 9.59 Å². The van der Waals surface area contributed by atoms with Gasteiger partial charge in [-0.05, 0) is 31.5 Å². The number of hydrogen-bond acceptors (Lipinski definition) is 4. The van der Waals surface area contributed by atoms with E-state index in [2.05, 4.69) is 0 Å². The Balaban J connectivity index is 2.13. The third-order valence-electron chi connectivity index (χ3n) is 4.37. The van der Waals surface area contributed by atoms with E-state index in [1.165, 1.54) is 0 Å². The van der Waals surface area contributed by atoms with E-state index in [1.54, 1.807) is 29.7 Å². The molecule has 0 radical (unpaired) electrons. The molecule has 5 heteroatoms. The molecule has 0 aliphatic rings. The maximum atomic E-state index is 12.7. The molecule has 2 aromatic heterocycles. The largest absolute Gasteiger partial charge is 0.462 e. The Morgan fingerprint density at radius 1 is 1.12 bits per heavy atom. The summed E-state index contributed by atoms with van der Waals surface area (Å²) < 4.78 is 12.4. The number of esters is 1. The average molecular weight is 347 g/mol. The lowest BCUT2D eigenvalue weighted by atomic mass is 10.0. The molecule has 26 heavy (non-hydrogen) atoms. The highest BCUT2D eigenvalue weighted by atomic mass is 16.5. The van der Waals surface area contributed by atoms with E-state index in [4.69, 9.17) is 9.15 Å². The Labute approximate surface area is 149 Å². The van der Waals surface area contributed by atoms with Gasteiger partial charge in [0.05, 0.1) is 12.1 Å². The molecule has 0 spiro atoms. The highest BCUT2D eigenvalue weighted by Gasteiger charge is 2.24. The maximum absolute atomic E-state index is 12.7. The van der Waals surface area contributed by atoms with Crippen LogP contribution in [0.5, 0.6) is 0 Å². The molecule has 2 aromatic carbocycles. The van der Waals surface area contributed by atoms with Gasteiger partial charge >= 0.3 is 11.6 Å². The lowest BCUT2D eigenvalue weighted by Gasteiger charge is -2.05. The monoisotopic (exact) mass is 347 g/mol. The number of carbonyl (C=O) groups is 1. The molecule has 0 aliphatic carbocycles. The molecule has 0 unspecified atom stereocenters. The fourth-order valence-electron chi connectivity index (χ4n) is 3.15. The summed E-state index contributed by atoms with van der Waals surface area (Å²) in [5.41, 5.74) is 3.63. The number of aryl methyl sites for hydroxylation is 1. The minimum absolute atomic E-state index is 0.192. The Kier molecular flexibility index (Phi) is 3.84. The Morgan fingerprint density at radius 2 is 1.85 bits per heavy atom. The predicted octanol–water partition coefficient (Wildman–Crippen LogP) is 4.20. The minimum atomic E-state index is -0.565. The Bertz CT molecular complexity index is 1180. The molecule has 0 amide bonds. The summed E-state index contributed by atoms with van der Waals surface area (Å²) in [5, 5.41) is 0. The van der Waals surface area contributed by atoms with Crippen LogP contribution in [0.25, 0.3) is 27.7 Å². The predicted molar refractivity (Wildman–Crippen MR) is 99.6 cm³/mol. The average Bonchev–Trinajstić information content (AvgIpc) is 3.04. The van der Waals surface area contributed by atoms with Gasteiger partial charge in [0.2, 0.25) is 0 Å². The van der Waals surface area contributed by atoms with Crippen molar-refractivity contribution in [3.63, 3.8) is 0 Å².